The summed E-state index contributed by atoms with van der Waals surface area (Å²) in [6.45, 7) is 1.90. The van der Waals surface area contributed by atoms with Crippen LogP contribution in [0, 0.1) is 10.1 Å². The zero-order valence-corrected chi connectivity index (χ0v) is 18.6. The molecule has 1 N–H and O–H groups in total. The number of para-hydroxylation sites is 2. The van der Waals surface area contributed by atoms with Crippen LogP contribution in [-0.2, 0) is 14.8 Å². The maximum Gasteiger partial charge on any atom is 0.270 e. The predicted molar refractivity (Wildman–Crippen MR) is 118 cm³/mol. The number of rotatable bonds is 7. The van der Waals surface area contributed by atoms with E-state index in [0.717, 1.165) is 6.07 Å². The van der Waals surface area contributed by atoms with Gasteiger partial charge in [-0.3, -0.25) is 19.8 Å². The van der Waals surface area contributed by atoms with Gasteiger partial charge in [-0.1, -0.05) is 18.2 Å². The number of carbonyl (C=O) groups is 1. The molecule has 2 aromatic rings. The molecular weight excluding hydrogens is 452 g/mol. The second-order valence-corrected chi connectivity index (χ2v) is 9.67. The zero-order chi connectivity index (χ0) is 23.4. The Balaban J connectivity index is 1.24. The van der Waals surface area contributed by atoms with E-state index in [2.05, 4.69) is 5.32 Å². The van der Waals surface area contributed by atoms with Gasteiger partial charge in [0.1, 0.15) is 12.7 Å². The number of hydrogen-bond acceptors (Lipinski definition) is 8. The summed E-state index contributed by atoms with van der Waals surface area (Å²) >= 11 is 0. The number of piperazine rings is 1. The third-order valence-electron chi connectivity index (χ3n) is 5.46. The van der Waals surface area contributed by atoms with E-state index in [1.807, 2.05) is 29.2 Å². The minimum Gasteiger partial charge on any atom is -0.486 e. The van der Waals surface area contributed by atoms with Crippen LogP contribution in [0.15, 0.2) is 53.4 Å². The highest BCUT2D eigenvalue weighted by Gasteiger charge is 2.30. The molecule has 4 rings (SSSR count). The first-order valence-electron chi connectivity index (χ1n) is 10.4. The van der Waals surface area contributed by atoms with E-state index < -0.39 is 14.9 Å². The number of nitro benzene ring substituents is 1. The number of benzene rings is 2. The second-order valence-electron chi connectivity index (χ2n) is 7.74. The first-order chi connectivity index (χ1) is 15.8. The van der Waals surface area contributed by atoms with Crippen molar-refractivity contribution in [1.82, 2.24) is 14.5 Å². The lowest BCUT2D eigenvalue weighted by atomic mass is 10.2. The van der Waals surface area contributed by atoms with Gasteiger partial charge in [-0.05, 0) is 18.2 Å². The van der Waals surface area contributed by atoms with E-state index in [4.69, 9.17) is 9.47 Å². The van der Waals surface area contributed by atoms with Crippen LogP contribution in [-0.4, -0.2) is 80.4 Å². The van der Waals surface area contributed by atoms with E-state index in [9.17, 15) is 23.3 Å². The fraction of sp³-hybridized carbons (Fsp3) is 0.381. The van der Waals surface area contributed by atoms with Crippen molar-refractivity contribution < 1.29 is 27.6 Å². The summed E-state index contributed by atoms with van der Waals surface area (Å²) in [7, 11) is -3.85. The number of carbonyl (C=O) groups excluding carboxylic acids is 1. The van der Waals surface area contributed by atoms with Crippen molar-refractivity contribution in [2.75, 3.05) is 45.9 Å². The van der Waals surface area contributed by atoms with Crippen molar-refractivity contribution in [3.63, 3.8) is 0 Å². The highest BCUT2D eigenvalue weighted by atomic mass is 32.2. The number of nitrogens with zero attached hydrogens (tertiary/aromatic N) is 3. The quantitative estimate of drug-likeness (QED) is 0.460. The molecule has 0 spiro atoms. The summed E-state index contributed by atoms with van der Waals surface area (Å²) in [6, 6.07) is 12.3. The van der Waals surface area contributed by atoms with Gasteiger partial charge in [0.05, 0.1) is 22.9 Å². The largest absolute Gasteiger partial charge is 0.486 e. The van der Waals surface area contributed by atoms with Gasteiger partial charge >= 0.3 is 0 Å². The van der Waals surface area contributed by atoms with Gasteiger partial charge in [0.25, 0.3) is 5.69 Å². The van der Waals surface area contributed by atoms with E-state index >= 15 is 0 Å². The number of nitro groups is 1. The summed E-state index contributed by atoms with van der Waals surface area (Å²) in [5.41, 5.74) is -0.276. The number of fused-ring (bicyclic) bond motifs is 1. The van der Waals surface area contributed by atoms with Gasteiger partial charge in [0.2, 0.25) is 15.9 Å². The molecule has 1 unspecified atom stereocenters. The Morgan fingerprint density at radius 1 is 1.09 bits per heavy atom. The molecule has 0 aliphatic carbocycles. The smallest absolute Gasteiger partial charge is 0.270 e. The molecule has 0 aromatic heterocycles. The number of ether oxygens (including phenoxy) is 2. The SMILES string of the molecule is O=C(CN1CCN(S(=O)(=O)c2cccc([N+](=O)[O-])c2)CC1)NCC1COc2ccccc2O1. The number of non-ortho nitro benzene ring substituents is 1. The zero-order valence-electron chi connectivity index (χ0n) is 17.8. The van der Waals surface area contributed by atoms with Crippen LogP contribution in [0.4, 0.5) is 5.69 Å². The number of sulfonamides is 1. The first kappa shape index (κ1) is 23.0. The Bertz CT molecular complexity index is 1130. The maximum absolute atomic E-state index is 12.8. The highest BCUT2D eigenvalue weighted by Crippen LogP contribution is 2.30. The molecule has 1 fully saturated rings. The predicted octanol–water partition coefficient (Wildman–Crippen LogP) is 0.857. The van der Waals surface area contributed by atoms with Crippen LogP contribution in [0.5, 0.6) is 11.5 Å². The summed E-state index contributed by atoms with van der Waals surface area (Å²) in [6.07, 6.45) is -0.291. The van der Waals surface area contributed by atoms with Gasteiger partial charge < -0.3 is 14.8 Å². The van der Waals surface area contributed by atoms with Gasteiger partial charge in [-0.25, -0.2) is 8.42 Å². The van der Waals surface area contributed by atoms with Crippen LogP contribution < -0.4 is 14.8 Å². The maximum atomic E-state index is 12.8. The molecular formula is C21H24N4O7S. The summed E-state index contributed by atoms with van der Waals surface area (Å²) in [4.78, 5) is 24.4. The molecule has 1 atom stereocenters. The fourth-order valence-corrected chi connectivity index (χ4v) is 5.15. The lowest BCUT2D eigenvalue weighted by Gasteiger charge is -2.33. The Labute approximate surface area is 191 Å². The average molecular weight is 477 g/mol. The lowest BCUT2D eigenvalue weighted by Crippen LogP contribution is -2.51. The molecule has 33 heavy (non-hydrogen) atoms. The Morgan fingerprint density at radius 3 is 2.55 bits per heavy atom. The number of hydrogen-bond donors (Lipinski definition) is 1. The van der Waals surface area contributed by atoms with E-state index in [1.165, 1.54) is 22.5 Å². The van der Waals surface area contributed by atoms with Crippen molar-refractivity contribution in [3.8, 4) is 11.5 Å². The van der Waals surface area contributed by atoms with Crippen molar-refractivity contribution in [1.29, 1.82) is 0 Å². The topological polar surface area (TPSA) is 131 Å². The standard InChI is InChI=1S/C21H24N4O7S/c26-21(22-13-17-15-31-19-6-1-2-7-20(19)32-17)14-23-8-10-24(11-9-23)33(29,30)18-5-3-4-16(12-18)25(27)28/h1-7,12,17H,8-11,13-15H2,(H,22,26). The normalized spacial score (nSPS) is 19.1. The molecule has 11 nitrogen and oxygen atoms in total. The second kappa shape index (κ2) is 9.73. The molecule has 1 saturated heterocycles. The molecule has 0 bridgehead atoms. The Hall–Kier alpha value is -3.22. The van der Waals surface area contributed by atoms with Gasteiger partial charge in [-0.15, -0.1) is 0 Å². The van der Waals surface area contributed by atoms with E-state index in [-0.39, 0.29) is 42.2 Å². The lowest BCUT2D eigenvalue weighted by molar-refractivity contribution is -0.385. The minimum absolute atomic E-state index is 0.112. The molecule has 0 radical (unpaired) electrons. The molecule has 2 heterocycles. The highest BCUT2D eigenvalue weighted by molar-refractivity contribution is 7.89. The summed E-state index contributed by atoms with van der Waals surface area (Å²) in [5.74, 6) is 1.13. The van der Waals surface area contributed by atoms with Gasteiger partial charge in [0, 0.05) is 38.3 Å². The van der Waals surface area contributed by atoms with Crippen molar-refractivity contribution >= 4 is 21.6 Å². The third-order valence-corrected chi connectivity index (χ3v) is 7.35. The Morgan fingerprint density at radius 2 is 1.82 bits per heavy atom. The van der Waals surface area contributed by atoms with Crippen LogP contribution >= 0.6 is 0 Å². The molecule has 2 aliphatic rings. The van der Waals surface area contributed by atoms with Crippen LogP contribution in [0.3, 0.4) is 0 Å². The summed E-state index contributed by atoms with van der Waals surface area (Å²) in [5, 5.41) is 13.8. The number of amides is 1. The van der Waals surface area contributed by atoms with Crippen LogP contribution in [0.1, 0.15) is 0 Å². The molecule has 176 valence electrons. The van der Waals surface area contributed by atoms with Crippen molar-refractivity contribution in [2.45, 2.75) is 11.0 Å². The fourth-order valence-electron chi connectivity index (χ4n) is 3.68. The van der Waals surface area contributed by atoms with Crippen LogP contribution in [0.25, 0.3) is 0 Å². The van der Waals surface area contributed by atoms with Gasteiger partial charge in [0.15, 0.2) is 11.5 Å². The molecule has 1 amide bonds. The first-order valence-corrected chi connectivity index (χ1v) is 11.9. The molecule has 2 aliphatic heterocycles. The van der Waals surface area contributed by atoms with Gasteiger partial charge in [-0.2, -0.15) is 4.31 Å². The van der Waals surface area contributed by atoms with E-state index in [0.29, 0.717) is 37.7 Å². The van der Waals surface area contributed by atoms with Crippen molar-refractivity contribution in [2.24, 2.45) is 0 Å². The monoisotopic (exact) mass is 476 g/mol. The van der Waals surface area contributed by atoms with E-state index in [1.54, 1.807) is 0 Å². The molecule has 12 heteroatoms. The Kier molecular flexibility index (Phi) is 6.77. The minimum atomic E-state index is -3.85. The van der Waals surface area contributed by atoms with Crippen molar-refractivity contribution in [3.05, 3.63) is 58.6 Å². The van der Waals surface area contributed by atoms with Crippen LogP contribution in [0.2, 0.25) is 0 Å². The summed E-state index contributed by atoms with van der Waals surface area (Å²) < 4.78 is 38.4. The molecule has 0 saturated carbocycles. The third kappa shape index (κ3) is 5.41. The average Bonchev–Trinajstić information content (AvgIpc) is 2.83. The molecule has 2 aromatic carbocycles. The number of nitrogens with one attached hydrogen (secondary N) is 1.